The molecule has 0 aliphatic heterocycles. The fourth-order valence-electron chi connectivity index (χ4n) is 1.55. The molecule has 0 spiro atoms. The lowest BCUT2D eigenvalue weighted by Gasteiger charge is -1.97. The van der Waals surface area contributed by atoms with Crippen LogP contribution in [-0.4, -0.2) is 5.11 Å². The first-order chi connectivity index (χ1) is 5.68. The molecule has 2 aromatic rings. The summed E-state index contributed by atoms with van der Waals surface area (Å²) in [6, 6.07) is 3.38. The molecule has 1 aromatic carbocycles. The zero-order valence-corrected chi connectivity index (χ0v) is 7.09. The van der Waals surface area contributed by atoms with Crippen LogP contribution in [0.2, 0.25) is 0 Å². The second-order valence-electron chi connectivity index (χ2n) is 3.05. The number of rotatable bonds is 0. The Labute approximate surface area is 70.4 Å². The maximum Gasteiger partial charge on any atom is 0.138 e. The Hall–Kier alpha value is -1.44. The van der Waals surface area contributed by atoms with Gasteiger partial charge in [-0.3, -0.25) is 0 Å². The molecule has 0 unspecified atom stereocenters. The molecule has 1 N–H and O–H groups in total. The predicted molar refractivity (Wildman–Crippen MR) is 47.4 cm³/mol. The van der Waals surface area contributed by atoms with Crippen molar-refractivity contribution in [1.82, 2.24) is 0 Å². The van der Waals surface area contributed by atoms with Crippen LogP contribution in [0.1, 0.15) is 11.1 Å². The Morgan fingerprint density at radius 1 is 1.17 bits per heavy atom. The van der Waals surface area contributed by atoms with Crippen LogP contribution in [0.3, 0.4) is 0 Å². The molecule has 0 bridgehead atoms. The third kappa shape index (κ3) is 0.881. The third-order valence-corrected chi connectivity index (χ3v) is 2.04. The molecular weight excluding hydrogens is 152 g/mol. The summed E-state index contributed by atoms with van der Waals surface area (Å²) in [6.07, 6.45) is 1.71. The van der Waals surface area contributed by atoms with E-state index in [0.717, 1.165) is 22.1 Å². The number of phenols is 1. The summed E-state index contributed by atoms with van der Waals surface area (Å²) in [5.74, 6) is 0.259. The molecule has 0 fully saturated rings. The van der Waals surface area contributed by atoms with Crippen molar-refractivity contribution in [3.8, 4) is 5.75 Å². The molecule has 0 aliphatic rings. The first-order valence-corrected chi connectivity index (χ1v) is 3.86. The Morgan fingerprint density at radius 3 is 2.67 bits per heavy atom. The fourth-order valence-corrected chi connectivity index (χ4v) is 1.55. The summed E-state index contributed by atoms with van der Waals surface area (Å²) in [6.45, 7) is 3.96. The summed E-state index contributed by atoms with van der Waals surface area (Å²) < 4.78 is 5.25. The van der Waals surface area contributed by atoms with Crippen molar-refractivity contribution < 1.29 is 9.52 Å². The van der Waals surface area contributed by atoms with Gasteiger partial charge >= 0.3 is 0 Å². The average Bonchev–Trinajstić information content (AvgIpc) is 2.31. The summed E-state index contributed by atoms with van der Waals surface area (Å²) in [4.78, 5) is 0. The summed E-state index contributed by atoms with van der Waals surface area (Å²) in [5.41, 5.74) is 2.92. The zero-order valence-electron chi connectivity index (χ0n) is 7.09. The van der Waals surface area contributed by atoms with Gasteiger partial charge in [0.05, 0.1) is 6.26 Å². The number of hydrogen-bond donors (Lipinski definition) is 1. The maximum absolute atomic E-state index is 9.26. The van der Waals surface area contributed by atoms with Gasteiger partial charge in [0.1, 0.15) is 11.3 Å². The molecule has 0 atom stereocenters. The number of aromatic hydroxyl groups is 1. The topological polar surface area (TPSA) is 33.4 Å². The lowest BCUT2D eigenvalue weighted by atomic mass is 10.1. The fraction of sp³-hybridized carbons (Fsp3) is 0.200. The van der Waals surface area contributed by atoms with E-state index < -0.39 is 0 Å². The lowest BCUT2D eigenvalue weighted by Crippen LogP contribution is -1.75. The second-order valence-corrected chi connectivity index (χ2v) is 3.05. The van der Waals surface area contributed by atoms with Crippen LogP contribution in [-0.2, 0) is 0 Å². The monoisotopic (exact) mass is 162 g/mol. The normalized spacial score (nSPS) is 10.8. The van der Waals surface area contributed by atoms with Gasteiger partial charge in [0.15, 0.2) is 0 Å². The van der Waals surface area contributed by atoms with Gasteiger partial charge in [-0.25, -0.2) is 0 Å². The molecule has 1 aromatic heterocycles. The molecule has 0 amide bonds. The van der Waals surface area contributed by atoms with Crippen LogP contribution in [0.15, 0.2) is 22.8 Å². The molecule has 2 nitrogen and oxygen atoms in total. The van der Waals surface area contributed by atoms with Crippen LogP contribution < -0.4 is 0 Å². The standard InChI is InChI=1S/C10H10O2/c1-6-3-8(11)4-9-10(6)7(2)5-12-9/h3-5,11H,1-2H3. The van der Waals surface area contributed by atoms with Gasteiger partial charge in [-0.2, -0.15) is 0 Å². The van der Waals surface area contributed by atoms with E-state index in [1.54, 1.807) is 18.4 Å². The van der Waals surface area contributed by atoms with E-state index in [4.69, 9.17) is 4.42 Å². The van der Waals surface area contributed by atoms with Gasteiger partial charge in [0.2, 0.25) is 0 Å². The average molecular weight is 162 g/mol. The summed E-state index contributed by atoms with van der Waals surface area (Å²) in [7, 11) is 0. The van der Waals surface area contributed by atoms with Crippen molar-refractivity contribution in [2.24, 2.45) is 0 Å². The van der Waals surface area contributed by atoms with Gasteiger partial charge in [-0.05, 0) is 31.0 Å². The van der Waals surface area contributed by atoms with Crippen LogP contribution in [0, 0.1) is 13.8 Å². The minimum absolute atomic E-state index is 0.259. The minimum Gasteiger partial charge on any atom is -0.508 e. The van der Waals surface area contributed by atoms with E-state index in [2.05, 4.69) is 0 Å². The van der Waals surface area contributed by atoms with E-state index in [-0.39, 0.29) is 5.75 Å². The van der Waals surface area contributed by atoms with E-state index in [1.807, 2.05) is 13.8 Å². The molecular formula is C10H10O2. The van der Waals surface area contributed by atoms with Crippen LogP contribution in [0.5, 0.6) is 5.75 Å². The van der Waals surface area contributed by atoms with Crippen molar-refractivity contribution in [2.75, 3.05) is 0 Å². The molecule has 0 saturated heterocycles. The van der Waals surface area contributed by atoms with Gasteiger partial charge < -0.3 is 9.52 Å². The van der Waals surface area contributed by atoms with E-state index in [0.29, 0.717) is 0 Å². The second kappa shape index (κ2) is 2.27. The number of phenolic OH excluding ortho intramolecular Hbond substituents is 1. The van der Waals surface area contributed by atoms with E-state index >= 15 is 0 Å². The summed E-state index contributed by atoms with van der Waals surface area (Å²) >= 11 is 0. The molecule has 1 heterocycles. The highest BCUT2D eigenvalue weighted by Crippen LogP contribution is 2.27. The molecule has 2 heteroatoms. The van der Waals surface area contributed by atoms with Crippen LogP contribution in [0.4, 0.5) is 0 Å². The Morgan fingerprint density at radius 2 is 1.92 bits per heavy atom. The lowest BCUT2D eigenvalue weighted by molar-refractivity contribution is 0.474. The highest BCUT2D eigenvalue weighted by Gasteiger charge is 2.05. The predicted octanol–water partition coefficient (Wildman–Crippen LogP) is 2.76. The summed E-state index contributed by atoms with van der Waals surface area (Å²) in [5, 5.41) is 10.4. The van der Waals surface area contributed by atoms with Crippen LogP contribution in [0.25, 0.3) is 11.0 Å². The number of furan rings is 1. The molecule has 0 aliphatic carbocycles. The number of fused-ring (bicyclic) bond motifs is 1. The maximum atomic E-state index is 9.26. The van der Waals surface area contributed by atoms with E-state index in [1.165, 1.54) is 0 Å². The Balaban J connectivity index is 2.93. The van der Waals surface area contributed by atoms with Crippen molar-refractivity contribution in [1.29, 1.82) is 0 Å². The Kier molecular flexibility index (Phi) is 1.37. The smallest absolute Gasteiger partial charge is 0.138 e. The largest absolute Gasteiger partial charge is 0.508 e. The molecule has 12 heavy (non-hydrogen) atoms. The van der Waals surface area contributed by atoms with E-state index in [9.17, 15) is 5.11 Å². The van der Waals surface area contributed by atoms with Crippen molar-refractivity contribution >= 4 is 11.0 Å². The Bertz CT molecular complexity index is 427. The molecule has 2 rings (SSSR count). The number of aryl methyl sites for hydroxylation is 2. The van der Waals surface area contributed by atoms with Crippen molar-refractivity contribution in [2.45, 2.75) is 13.8 Å². The highest BCUT2D eigenvalue weighted by molar-refractivity contribution is 5.85. The first kappa shape index (κ1) is 7.22. The minimum atomic E-state index is 0.259. The van der Waals surface area contributed by atoms with Gasteiger partial charge in [-0.15, -0.1) is 0 Å². The molecule has 0 radical (unpaired) electrons. The van der Waals surface area contributed by atoms with Crippen LogP contribution >= 0.6 is 0 Å². The SMILES string of the molecule is Cc1coc2cc(O)cc(C)c12. The van der Waals surface area contributed by atoms with Gasteiger partial charge in [0.25, 0.3) is 0 Å². The number of benzene rings is 1. The number of hydrogen-bond acceptors (Lipinski definition) is 2. The highest BCUT2D eigenvalue weighted by atomic mass is 16.3. The van der Waals surface area contributed by atoms with Crippen molar-refractivity contribution in [3.05, 3.63) is 29.5 Å². The molecule has 0 saturated carbocycles. The molecule has 62 valence electrons. The van der Waals surface area contributed by atoms with Gasteiger partial charge in [-0.1, -0.05) is 0 Å². The quantitative estimate of drug-likeness (QED) is 0.646. The van der Waals surface area contributed by atoms with Gasteiger partial charge in [0, 0.05) is 11.5 Å². The third-order valence-electron chi connectivity index (χ3n) is 2.04. The first-order valence-electron chi connectivity index (χ1n) is 3.86. The van der Waals surface area contributed by atoms with Crippen molar-refractivity contribution in [3.63, 3.8) is 0 Å². The zero-order chi connectivity index (χ0) is 8.72.